The first-order valence-corrected chi connectivity index (χ1v) is 12.9. The van der Waals surface area contributed by atoms with E-state index in [9.17, 15) is 0 Å². The quantitative estimate of drug-likeness (QED) is 0.458. The normalized spacial score (nSPS) is 23.2. The van der Waals surface area contributed by atoms with E-state index in [1.54, 1.807) is 18.7 Å². The lowest BCUT2D eigenvalue weighted by atomic mass is 9.95. The predicted octanol–water partition coefficient (Wildman–Crippen LogP) is 5.63. The van der Waals surface area contributed by atoms with E-state index in [2.05, 4.69) is 60.4 Å². The van der Waals surface area contributed by atoms with Gasteiger partial charge in [0.1, 0.15) is 18.5 Å². The van der Waals surface area contributed by atoms with E-state index in [0.29, 0.717) is 23.3 Å². The molecule has 1 aromatic heterocycles. The van der Waals surface area contributed by atoms with E-state index in [0.717, 1.165) is 43.7 Å². The third kappa shape index (κ3) is 4.53. The van der Waals surface area contributed by atoms with Crippen molar-refractivity contribution in [1.82, 2.24) is 19.1 Å². The molecular weight excluding hydrogens is 433 g/mol. The van der Waals surface area contributed by atoms with Gasteiger partial charge >= 0.3 is 0 Å². The Morgan fingerprint density at radius 1 is 1.00 bits per heavy atom. The molecule has 172 valence electrons. The first kappa shape index (κ1) is 21.2. The van der Waals surface area contributed by atoms with Gasteiger partial charge in [0.2, 0.25) is 0 Å². The van der Waals surface area contributed by atoms with Crippen LogP contribution in [0.15, 0.2) is 61.2 Å². The maximum absolute atomic E-state index is 15.2. The number of halogens is 1. The Kier molecular flexibility index (Phi) is 5.62. The maximum Gasteiger partial charge on any atom is 0.129 e. The van der Waals surface area contributed by atoms with Crippen molar-refractivity contribution < 1.29 is 4.39 Å². The molecule has 0 radical (unpaired) electrons. The molecule has 1 atom stereocenters. The number of anilines is 1. The van der Waals surface area contributed by atoms with Gasteiger partial charge in [-0.1, -0.05) is 48.3 Å². The molecule has 2 aliphatic heterocycles. The van der Waals surface area contributed by atoms with Crippen LogP contribution in [0.2, 0.25) is 0 Å². The molecule has 1 unspecified atom stereocenters. The van der Waals surface area contributed by atoms with Crippen molar-refractivity contribution in [3.05, 3.63) is 78.1 Å². The van der Waals surface area contributed by atoms with Gasteiger partial charge in [0, 0.05) is 48.7 Å². The summed E-state index contributed by atoms with van der Waals surface area (Å²) < 4.78 is 19.7. The molecule has 1 saturated carbocycles. The van der Waals surface area contributed by atoms with E-state index in [-0.39, 0.29) is 5.82 Å². The summed E-state index contributed by atoms with van der Waals surface area (Å²) in [7, 11) is 0. The lowest BCUT2D eigenvalue weighted by Crippen LogP contribution is -2.34. The fraction of sp³-hybridized carbons (Fsp3) is 0.462. The number of nitrogens with zero attached hydrogens (tertiary/aromatic N) is 5. The SMILES string of the molecule is Fc1cc(N2CCC(n3cnnc3)CC2)ccc1CN1CC2(CC2)CC(c2ccccc2)S1. The van der Waals surface area contributed by atoms with Gasteiger partial charge < -0.3 is 9.47 Å². The summed E-state index contributed by atoms with van der Waals surface area (Å²) in [5.74, 6) is -0.0827. The van der Waals surface area contributed by atoms with E-state index in [1.807, 2.05) is 18.0 Å². The van der Waals surface area contributed by atoms with Crippen molar-refractivity contribution in [3.63, 3.8) is 0 Å². The molecule has 7 heteroatoms. The van der Waals surface area contributed by atoms with Crippen molar-refractivity contribution in [2.45, 2.75) is 49.9 Å². The van der Waals surface area contributed by atoms with Crippen LogP contribution in [0.1, 0.15) is 54.5 Å². The topological polar surface area (TPSA) is 37.2 Å². The molecule has 5 nitrogen and oxygen atoms in total. The number of benzene rings is 2. The Bertz CT molecular complexity index is 1080. The zero-order valence-electron chi connectivity index (χ0n) is 18.8. The Hall–Kier alpha value is -2.38. The number of hydrogen-bond donors (Lipinski definition) is 0. The summed E-state index contributed by atoms with van der Waals surface area (Å²) in [6.45, 7) is 3.58. The molecule has 1 spiro atoms. The highest BCUT2D eigenvalue weighted by molar-refractivity contribution is 7.97. The molecule has 1 aliphatic carbocycles. The number of piperidine rings is 1. The molecule has 3 aromatic rings. The zero-order valence-corrected chi connectivity index (χ0v) is 19.6. The summed E-state index contributed by atoms with van der Waals surface area (Å²) in [5.41, 5.74) is 3.63. The van der Waals surface area contributed by atoms with Gasteiger partial charge in [-0.05, 0) is 55.2 Å². The second kappa shape index (κ2) is 8.76. The first-order chi connectivity index (χ1) is 16.2. The summed E-state index contributed by atoms with van der Waals surface area (Å²) in [4.78, 5) is 2.30. The van der Waals surface area contributed by atoms with Gasteiger partial charge in [-0.25, -0.2) is 8.70 Å². The Morgan fingerprint density at radius 2 is 1.76 bits per heavy atom. The third-order valence-corrected chi connectivity index (χ3v) is 8.86. The third-order valence-electron chi connectivity index (χ3n) is 7.61. The lowest BCUT2D eigenvalue weighted by Gasteiger charge is -2.37. The molecule has 33 heavy (non-hydrogen) atoms. The largest absolute Gasteiger partial charge is 0.371 e. The highest BCUT2D eigenvalue weighted by Gasteiger charge is 2.49. The second-order valence-electron chi connectivity index (χ2n) is 9.91. The fourth-order valence-electron chi connectivity index (χ4n) is 5.44. The second-order valence-corrected chi connectivity index (χ2v) is 11.2. The highest BCUT2D eigenvalue weighted by atomic mass is 32.2. The smallest absolute Gasteiger partial charge is 0.129 e. The lowest BCUT2D eigenvalue weighted by molar-refractivity contribution is 0.301. The Labute approximate surface area is 199 Å². The highest BCUT2D eigenvalue weighted by Crippen LogP contribution is 2.59. The van der Waals surface area contributed by atoms with Crippen LogP contribution in [0.5, 0.6) is 0 Å². The minimum Gasteiger partial charge on any atom is -0.371 e. The molecule has 6 rings (SSSR count). The van der Waals surface area contributed by atoms with Crippen molar-refractivity contribution in [3.8, 4) is 0 Å². The van der Waals surface area contributed by atoms with Gasteiger partial charge in [0.05, 0.1) is 0 Å². The van der Waals surface area contributed by atoms with Crippen LogP contribution < -0.4 is 4.90 Å². The monoisotopic (exact) mass is 463 g/mol. The van der Waals surface area contributed by atoms with Gasteiger partial charge in [0.15, 0.2) is 0 Å². The predicted molar refractivity (Wildman–Crippen MR) is 130 cm³/mol. The molecule has 3 fully saturated rings. The van der Waals surface area contributed by atoms with Crippen LogP contribution in [0.4, 0.5) is 10.1 Å². The zero-order chi connectivity index (χ0) is 22.3. The van der Waals surface area contributed by atoms with Crippen molar-refractivity contribution >= 4 is 17.6 Å². The van der Waals surface area contributed by atoms with Gasteiger partial charge in [-0.15, -0.1) is 10.2 Å². The van der Waals surface area contributed by atoms with Crippen LogP contribution in [0.3, 0.4) is 0 Å². The van der Waals surface area contributed by atoms with Crippen molar-refractivity contribution in [1.29, 1.82) is 0 Å². The average Bonchev–Trinajstić information content (AvgIpc) is 3.35. The van der Waals surface area contributed by atoms with Crippen molar-refractivity contribution in [2.75, 3.05) is 24.5 Å². The number of hydrogen-bond acceptors (Lipinski definition) is 5. The summed E-state index contributed by atoms with van der Waals surface area (Å²) >= 11 is 1.91. The standard InChI is InChI=1S/C26H30FN5S/c27-24-14-23(30-12-8-22(9-13-30)31-18-28-29-19-31)7-6-21(24)16-32-17-26(10-11-26)15-25(33-32)20-4-2-1-3-5-20/h1-7,14,18-19,22,25H,8-13,15-17H2. The molecule has 0 bridgehead atoms. The molecule has 3 aliphatic rings. The minimum atomic E-state index is -0.0827. The van der Waals surface area contributed by atoms with Crippen molar-refractivity contribution in [2.24, 2.45) is 5.41 Å². The van der Waals surface area contributed by atoms with E-state index in [1.165, 1.54) is 24.8 Å². The van der Waals surface area contributed by atoms with E-state index < -0.39 is 0 Å². The molecule has 0 amide bonds. The number of rotatable bonds is 5. The molecule has 2 aromatic carbocycles. The summed E-state index contributed by atoms with van der Waals surface area (Å²) in [6, 6.07) is 17.1. The van der Waals surface area contributed by atoms with E-state index in [4.69, 9.17) is 0 Å². The molecule has 3 heterocycles. The Morgan fingerprint density at radius 3 is 2.45 bits per heavy atom. The maximum atomic E-state index is 15.2. The first-order valence-electron chi connectivity index (χ1n) is 12.0. The minimum absolute atomic E-state index is 0.0827. The number of aromatic nitrogens is 3. The average molecular weight is 464 g/mol. The van der Waals surface area contributed by atoms with Gasteiger partial charge in [0.25, 0.3) is 0 Å². The van der Waals surface area contributed by atoms with Gasteiger partial charge in [-0.2, -0.15) is 0 Å². The van der Waals surface area contributed by atoms with Crippen LogP contribution in [-0.4, -0.2) is 38.7 Å². The Balaban J connectivity index is 1.12. The van der Waals surface area contributed by atoms with E-state index >= 15 is 4.39 Å². The fourth-order valence-corrected chi connectivity index (χ4v) is 7.06. The molecule has 0 N–H and O–H groups in total. The van der Waals surface area contributed by atoms with Crippen LogP contribution in [0, 0.1) is 11.2 Å². The summed E-state index contributed by atoms with van der Waals surface area (Å²) in [5, 5.41) is 8.31. The van der Waals surface area contributed by atoms with Crippen LogP contribution >= 0.6 is 11.9 Å². The molecular formula is C26H30FN5S. The summed E-state index contributed by atoms with van der Waals surface area (Å²) in [6.07, 6.45) is 9.48. The molecule has 2 saturated heterocycles. The van der Waals surface area contributed by atoms with Crippen LogP contribution in [0.25, 0.3) is 0 Å². The van der Waals surface area contributed by atoms with Crippen LogP contribution in [-0.2, 0) is 6.54 Å². The van der Waals surface area contributed by atoms with Gasteiger partial charge in [-0.3, -0.25) is 0 Å².